The highest BCUT2D eigenvalue weighted by Gasteiger charge is 2.57. The summed E-state index contributed by atoms with van der Waals surface area (Å²) in [5.74, 6) is 0.144. The quantitative estimate of drug-likeness (QED) is 0.707. The number of pyridine rings is 2. The second kappa shape index (κ2) is 7.64. The summed E-state index contributed by atoms with van der Waals surface area (Å²) in [6, 6.07) is 6.08. The Labute approximate surface area is 183 Å². The molecule has 0 saturated carbocycles. The maximum absolute atomic E-state index is 13.2. The molecule has 0 radical (unpaired) electrons. The van der Waals surface area contributed by atoms with Gasteiger partial charge >= 0.3 is 6.09 Å². The summed E-state index contributed by atoms with van der Waals surface area (Å²) in [6.07, 6.45) is 3.55. The molecule has 162 valence electrons. The summed E-state index contributed by atoms with van der Waals surface area (Å²) in [5.41, 5.74) is -0.325. The summed E-state index contributed by atoms with van der Waals surface area (Å²) < 4.78 is 19.1. The molecule has 5 rings (SSSR count). The first-order valence-electron chi connectivity index (χ1n) is 10.2. The number of halogens is 2. The Morgan fingerprint density at radius 3 is 2.58 bits per heavy atom. The number of carbonyl (C=O) groups is 2. The molecule has 1 unspecified atom stereocenters. The third kappa shape index (κ3) is 3.56. The zero-order valence-corrected chi connectivity index (χ0v) is 17.5. The lowest BCUT2D eigenvalue weighted by Gasteiger charge is -2.45. The highest BCUT2D eigenvalue weighted by Crippen LogP contribution is 2.41. The van der Waals surface area contributed by atoms with Crippen molar-refractivity contribution in [2.24, 2.45) is 0 Å². The molecule has 1 spiro atoms. The van der Waals surface area contributed by atoms with Crippen LogP contribution in [0.2, 0.25) is 5.02 Å². The van der Waals surface area contributed by atoms with Crippen LogP contribution in [-0.2, 0) is 4.74 Å². The van der Waals surface area contributed by atoms with Gasteiger partial charge in [-0.15, -0.1) is 0 Å². The lowest BCUT2D eigenvalue weighted by atomic mass is 9.83. The normalized spacial score (nSPS) is 22.5. The van der Waals surface area contributed by atoms with Crippen molar-refractivity contribution >= 4 is 29.4 Å². The molecule has 3 saturated heterocycles. The molecule has 8 nitrogen and oxygen atoms in total. The second-order valence-electron chi connectivity index (χ2n) is 8.08. The van der Waals surface area contributed by atoms with Gasteiger partial charge in [0.15, 0.2) is 0 Å². The van der Waals surface area contributed by atoms with Crippen molar-refractivity contribution in [3.05, 3.63) is 53.2 Å². The van der Waals surface area contributed by atoms with Gasteiger partial charge in [0.05, 0.1) is 17.3 Å². The first-order valence-corrected chi connectivity index (χ1v) is 10.6. The predicted octanol–water partition coefficient (Wildman–Crippen LogP) is 2.58. The molecule has 0 aliphatic carbocycles. The van der Waals surface area contributed by atoms with E-state index in [1.807, 2.05) is 0 Å². The molecule has 3 fully saturated rings. The number of carbonyl (C=O) groups excluding carboxylic acids is 2. The number of piperazine rings is 1. The van der Waals surface area contributed by atoms with Crippen molar-refractivity contribution in [3.8, 4) is 0 Å². The van der Waals surface area contributed by atoms with Crippen LogP contribution >= 0.6 is 11.6 Å². The fraction of sp³-hybridized carbons (Fsp3) is 0.429. The molecule has 0 N–H and O–H groups in total. The fourth-order valence-corrected chi connectivity index (χ4v) is 4.82. The van der Waals surface area contributed by atoms with Crippen LogP contribution in [0.4, 0.5) is 15.0 Å². The molecule has 2 amide bonds. The van der Waals surface area contributed by atoms with Gasteiger partial charge in [-0.25, -0.2) is 19.2 Å². The van der Waals surface area contributed by atoms with Gasteiger partial charge in [-0.3, -0.25) is 9.69 Å². The van der Waals surface area contributed by atoms with Gasteiger partial charge in [-0.2, -0.15) is 0 Å². The molecular weight excluding hydrogens is 425 g/mol. The molecule has 0 aromatic carbocycles. The average molecular weight is 446 g/mol. The number of piperidine rings is 1. The number of aromatic nitrogens is 2. The highest BCUT2D eigenvalue weighted by atomic mass is 35.5. The Hall–Kier alpha value is -2.94. The van der Waals surface area contributed by atoms with E-state index in [1.54, 1.807) is 28.0 Å². The molecule has 3 aliphatic heterocycles. The zero-order chi connectivity index (χ0) is 21.6. The van der Waals surface area contributed by atoms with Crippen LogP contribution in [0, 0.1) is 5.82 Å². The molecule has 5 heterocycles. The summed E-state index contributed by atoms with van der Waals surface area (Å²) in [6.45, 7) is 2.50. The minimum Gasteiger partial charge on any atom is -0.440 e. The highest BCUT2D eigenvalue weighted by molar-refractivity contribution is 6.30. The maximum atomic E-state index is 13.2. The monoisotopic (exact) mass is 445 g/mol. The van der Waals surface area contributed by atoms with Crippen molar-refractivity contribution in [2.75, 3.05) is 37.6 Å². The van der Waals surface area contributed by atoms with Crippen LogP contribution in [0.5, 0.6) is 0 Å². The molecule has 0 bridgehead atoms. The molecule has 3 aliphatic rings. The van der Waals surface area contributed by atoms with Crippen molar-refractivity contribution in [1.29, 1.82) is 0 Å². The number of rotatable bonds is 2. The molecule has 2 aromatic rings. The van der Waals surface area contributed by atoms with E-state index >= 15 is 0 Å². The summed E-state index contributed by atoms with van der Waals surface area (Å²) in [5, 5.41) is 0.470. The molecule has 1 atom stereocenters. The number of amides is 2. The smallest absolute Gasteiger partial charge is 0.410 e. The van der Waals surface area contributed by atoms with Gasteiger partial charge < -0.3 is 14.5 Å². The van der Waals surface area contributed by atoms with Crippen molar-refractivity contribution in [1.82, 2.24) is 19.8 Å². The zero-order valence-electron chi connectivity index (χ0n) is 16.7. The van der Waals surface area contributed by atoms with E-state index in [0.29, 0.717) is 62.1 Å². The standard InChI is InChI=1S/C21H21ClFN5O3/c22-14-1-3-16(24-11-14)19(29)27-9-10-28-17(13-27)21(31-20(28)30)5-7-26(8-6-21)18-4-2-15(23)12-25-18/h1-4,11-12,17H,5-10,13H2. The van der Waals surface area contributed by atoms with E-state index in [4.69, 9.17) is 16.3 Å². The first kappa shape index (κ1) is 20.0. The Morgan fingerprint density at radius 2 is 1.90 bits per heavy atom. The minimum atomic E-state index is -0.653. The number of fused-ring (bicyclic) bond motifs is 2. The molecular formula is C21H21ClFN5O3. The van der Waals surface area contributed by atoms with Crippen LogP contribution in [0.15, 0.2) is 36.7 Å². The van der Waals surface area contributed by atoms with Crippen molar-refractivity contribution < 1.29 is 18.7 Å². The van der Waals surface area contributed by atoms with Gasteiger partial charge in [0.25, 0.3) is 5.91 Å². The summed E-state index contributed by atoms with van der Waals surface area (Å²) in [7, 11) is 0. The van der Waals surface area contributed by atoms with Crippen LogP contribution in [-0.4, -0.2) is 76.1 Å². The van der Waals surface area contributed by atoms with Gasteiger partial charge in [0, 0.05) is 51.8 Å². The van der Waals surface area contributed by atoms with Crippen LogP contribution in [0.3, 0.4) is 0 Å². The first-order chi connectivity index (χ1) is 14.9. The Bertz CT molecular complexity index is 995. The maximum Gasteiger partial charge on any atom is 0.410 e. The van der Waals surface area contributed by atoms with Crippen LogP contribution in [0.25, 0.3) is 0 Å². The number of anilines is 1. The molecule has 10 heteroatoms. The van der Waals surface area contributed by atoms with Gasteiger partial charge in [-0.1, -0.05) is 11.6 Å². The van der Waals surface area contributed by atoms with Gasteiger partial charge in [-0.05, 0) is 24.3 Å². The van der Waals surface area contributed by atoms with E-state index in [1.165, 1.54) is 18.5 Å². The third-order valence-electron chi connectivity index (χ3n) is 6.39. The Balaban J connectivity index is 1.31. The van der Waals surface area contributed by atoms with Crippen molar-refractivity contribution in [3.63, 3.8) is 0 Å². The number of hydrogen-bond acceptors (Lipinski definition) is 6. The third-order valence-corrected chi connectivity index (χ3v) is 6.62. The molecule has 31 heavy (non-hydrogen) atoms. The fourth-order valence-electron chi connectivity index (χ4n) is 4.71. The topological polar surface area (TPSA) is 78.9 Å². The molecule has 2 aromatic heterocycles. The Morgan fingerprint density at radius 1 is 1.10 bits per heavy atom. The van der Waals surface area contributed by atoms with E-state index in [9.17, 15) is 14.0 Å². The van der Waals surface area contributed by atoms with Gasteiger partial charge in [0.2, 0.25) is 0 Å². The van der Waals surface area contributed by atoms with E-state index < -0.39 is 5.60 Å². The number of hydrogen-bond donors (Lipinski definition) is 0. The average Bonchev–Trinajstić information content (AvgIpc) is 3.06. The lowest BCUT2D eigenvalue weighted by molar-refractivity contribution is -0.00330. The number of ether oxygens (including phenoxy) is 1. The minimum absolute atomic E-state index is 0.182. The van der Waals surface area contributed by atoms with Crippen LogP contribution in [0.1, 0.15) is 23.3 Å². The van der Waals surface area contributed by atoms with E-state index in [-0.39, 0.29) is 23.9 Å². The second-order valence-corrected chi connectivity index (χ2v) is 8.51. The van der Waals surface area contributed by atoms with E-state index in [0.717, 1.165) is 0 Å². The van der Waals surface area contributed by atoms with Crippen LogP contribution < -0.4 is 4.90 Å². The SMILES string of the molecule is O=C(c1ccc(Cl)cn1)N1CCN2C(=O)OC3(CCN(c4ccc(F)cn4)CC3)C2C1. The largest absolute Gasteiger partial charge is 0.440 e. The number of nitrogens with zero attached hydrogens (tertiary/aromatic N) is 5. The lowest BCUT2D eigenvalue weighted by Crippen LogP contribution is -2.61. The van der Waals surface area contributed by atoms with Crippen molar-refractivity contribution in [2.45, 2.75) is 24.5 Å². The summed E-state index contributed by atoms with van der Waals surface area (Å²) >= 11 is 5.88. The van der Waals surface area contributed by atoms with Gasteiger partial charge in [0.1, 0.15) is 22.9 Å². The summed E-state index contributed by atoms with van der Waals surface area (Å²) in [4.78, 5) is 39.3. The Kier molecular flexibility index (Phi) is 4.92. The van der Waals surface area contributed by atoms with E-state index in [2.05, 4.69) is 14.9 Å². The predicted molar refractivity (Wildman–Crippen MR) is 110 cm³/mol.